The third kappa shape index (κ3) is 3.98. The number of hydrogen-bond acceptors (Lipinski definition) is 2. The fraction of sp³-hybridized carbons (Fsp3) is 0.897. The molecule has 4 aliphatic rings. The number of carbonyl (C=O) groups excluding carboxylic acids is 1. The quantitative estimate of drug-likeness (QED) is 0.454. The molecule has 31 heavy (non-hydrogen) atoms. The van der Waals surface area contributed by atoms with Gasteiger partial charge in [-0.25, -0.2) is 0 Å². The molecule has 9 atom stereocenters. The van der Waals surface area contributed by atoms with Crippen LogP contribution in [0.2, 0.25) is 0 Å². The first-order valence-corrected chi connectivity index (χ1v) is 13.5. The van der Waals surface area contributed by atoms with Crippen molar-refractivity contribution in [1.29, 1.82) is 0 Å². The van der Waals surface area contributed by atoms with E-state index in [1.165, 1.54) is 50.5 Å². The van der Waals surface area contributed by atoms with Gasteiger partial charge in [-0.3, -0.25) is 4.79 Å². The van der Waals surface area contributed by atoms with Gasteiger partial charge >= 0.3 is 0 Å². The van der Waals surface area contributed by atoms with E-state index in [0.717, 1.165) is 37.0 Å². The van der Waals surface area contributed by atoms with Crippen molar-refractivity contribution in [3.63, 3.8) is 0 Å². The average molecular weight is 429 g/mol. The molecule has 1 N–H and O–H groups in total. The highest BCUT2D eigenvalue weighted by Gasteiger charge is 2.61. The van der Waals surface area contributed by atoms with Crippen LogP contribution in [0.3, 0.4) is 0 Å². The second kappa shape index (κ2) is 8.62. The Labute approximate surface area is 191 Å². The Kier molecular flexibility index (Phi) is 6.54. The minimum atomic E-state index is -0.208. The fourth-order valence-electron chi connectivity index (χ4n) is 9.08. The van der Waals surface area contributed by atoms with Crippen molar-refractivity contribution in [1.82, 2.24) is 0 Å². The number of aliphatic hydroxyl groups is 1. The summed E-state index contributed by atoms with van der Waals surface area (Å²) in [6.07, 6.45) is 14.4. The third-order valence-corrected chi connectivity index (χ3v) is 10.8. The summed E-state index contributed by atoms with van der Waals surface area (Å²) in [5.41, 5.74) is 2.02. The normalized spacial score (nSPS) is 45.5. The van der Waals surface area contributed by atoms with Crippen LogP contribution < -0.4 is 0 Å². The minimum Gasteiger partial charge on any atom is -0.393 e. The molecule has 176 valence electrons. The van der Waals surface area contributed by atoms with Gasteiger partial charge in [0.1, 0.15) is 5.78 Å². The van der Waals surface area contributed by atoms with Gasteiger partial charge < -0.3 is 5.11 Å². The van der Waals surface area contributed by atoms with E-state index in [9.17, 15) is 9.90 Å². The van der Waals surface area contributed by atoms with Crippen molar-refractivity contribution in [2.45, 2.75) is 112 Å². The first kappa shape index (κ1) is 23.5. The summed E-state index contributed by atoms with van der Waals surface area (Å²) in [5.74, 6) is 4.72. The van der Waals surface area contributed by atoms with Crippen molar-refractivity contribution in [3.05, 3.63) is 11.6 Å². The lowest BCUT2D eigenvalue weighted by molar-refractivity contribution is -0.130. The molecular weight excluding hydrogens is 380 g/mol. The molecule has 0 aliphatic heterocycles. The van der Waals surface area contributed by atoms with E-state index in [2.05, 4.69) is 40.7 Å². The van der Waals surface area contributed by atoms with Crippen molar-refractivity contribution < 1.29 is 9.90 Å². The summed E-state index contributed by atoms with van der Waals surface area (Å²) in [6.45, 7) is 14.1. The van der Waals surface area contributed by atoms with Gasteiger partial charge in [0, 0.05) is 5.92 Å². The van der Waals surface area contributed by atoms with Crippen molar-refractivity contribution in [2.24, 2.45) is 52.3 Å². The number of ketones is 1. The summed E-state index contributed by atoms with van der Waals surface area (Å²) in [7, 11) is 0. The third-order valence-electron chi connectivity index (χ3n) is 10.8. The zero-order valence-electron chi connectivity index (χ0n) is 21.1. The molecule has 0 spiro atoms. The van der Waals surface area contributed by atoms with E-state index in [1.54, 1.807) is 0 Å². The maximum Gasteiger partial charge on any atom is 0.136 e. The second-order valence-corrected chi connectivity index (χ2v) is 13.0. The van der Waals surface area contributed by atoms with Crippen LogP contribution in [0, 0.1) is 52.3 Å². The highest BCUT2D eigenvalue weighted by molar-refractivity contribution is 5.81. The summed E-state index contributed by atoms with van der Waals surface area (Å²) in [6, 6.07) is 0. The highest BCUT2D eigenvalue weighted by Crippen LogP contribution is 2.68. The second-order valence-electron chi connectivity index (χ2n) is 13.0. The van der Waals surface area contributed by atoms with E-state index < -0.39 is 0 Å². The molecule has 0 aromatic rings. The molecule has 3 fully saturated rings. The predicted octanol–water partition coefficient (Wildman–Crippen LogP) is 7.20. The van der Waals surface area contributed by atoms with Gasteiger partial charge in [0.25, 0.3) is 0 Å². The van der Waals surface area contributed by atoms with Crippen LogP contribution in [0.5, 0.6) is 0 Å². The van der Waals surface area contributed by atoms with Gasteiger partial charge in [0.05, 0.1) is 6.10 Å². The first-order chi connectivity index (χ1) is 14.6. The van der Waals surface area contributed by atoms with Crippen LogP contribution in [-0.4, -0.2) is 17.0 Å². The van der Waals surface area contributed by atoms with Crippen LogP contribution in [0.4, 0.5) is 0 Å². The van der Waals surface area contributed by atoms with Gasteiger partial charge in [0.15, 0.2) is 0 Å². The SMILES string of the molecule is CC(=O)C1C=C2CC(O)CC[C@]2(C)[C@H]2CC[C@]3(C)[C@@H]([C@H](C)CCCC(C)C)CC[C@H]3[C@H]12. The summed E-state index contributed by atoms with van der Waals surface area (Å²) in [4.78, 5) is 12.9. The summed E-state index contributed by atoms with van der Waals surface area (Å²) in [5, 5.41) is 10.3. The Hall–Kier alpha value is -0.630. The van der Waals surface area contributed by atoms with Gasteiger partial charge in [-0.05, 0) is 98.2 Å². The highest BCUT2D eigenvalue weighted by atomic mass is 16.3. The predicted molar refractivity (Wildman–Crippen MR) is 129 cm³/mol. The molecule has 3 saturated carbocycles. The molecule has 2 heteroatoms. The summed E-state index contributed by atoms with van der Waals surface area (Å²) >= 11 is 0. The number of fused-ring (bicyclic) bond motifs is 5. The Morgan fingerprint density at radius 1 is 1.06 bits per heavy atom. The number of Topliss-reactive ketones (excluding diaryl/α,β-unsaturated/α-hetero) is 1. The zero-order valence-corrected chi connectivity index (χ0v) is 21.1. The molecule has 4 aliphatic carbocycles. The van der Waals surface area contributed by atoms with Crippen LogP contribution in [-0.2, 0) is 4.79 Å². The van der Waals surface area contributed by atoms with Crippen LogP contribution in [0.25, 0.3) is 0 Å². The van der Waals surface area contributed by atoms with E-state index in [1.807, 2.05) is 6.92 Å². The van der Waals surface area contributed by atoms with Gasteiger partial charge in [-0.1, -0.05) is 65.5 Å². The number of allylic oxidation sites excluding steroid dienone is 1. The van der Waals surface area contributed by atoms with E-state index in [0.29, 0.717) is 29.0 Å². The Balaban J connectivity index is 1.60. The Morgan fingerprint density at radius 2 is 1.81 bits per heavy atom. The average Bonchev–Trinajstić information content (AvgIpc) is 3.05. The number of aliphatic hydroxyl groups excluding tert-OH is 1. The molecule has 2 nitrogen and oxygen atoms in total. The Bertz CT molecular complexity index is 708. The molecule has 2 unspecified atom stereocenters. The maximum atomic E-state index is 12.9. The van der Waals surface area contributed by atoms with E-state index >= 15 is 0 Å². The topological polar surface area (TPSA) is 37.3 Å². The molecule has 0 bridgehead atoms. The van der Waals surface area contributed by atoms with Gasteiger partial charge in [-0.15, -0.1) is 0 Å². The largest absolute Gasteiger partial charge is 0.393 e. The lowest BCUT2D eigenvalue weighted by Gasteiger charge is -2.60. The monoisotopic (exact) mass is 428 g/mol. The van der Waals surface area contributed by atoms with Crippen molar-refractivity contribution in [2.75, 3.05) is 0 Å². The van der Waals surface area contributed by atoms with Crippen LogP contribution >= 0.6 is 0 Å². The van der Waals surface area contributed by atoms with Crippen molar-refractivity contribution in [3.8, 4) is 0 Å². The molecule has 0 heterocycles. The smallest absolute Gasteiger partial charge is 0.136 e. The molecule has 0 amide bonds. The van der Waals surface area contributed by atoms with Gasteiger partial charge in [-0.2, -0.15) is 0 Å². The zero-order chi connectivity index (χ0) is 22.6. The van der Waals surface area contributed by atoms with Crippen LogP contribution in [0.15, 0.2) is 11.6 Å². The minimum absolute atomic E-state index is 0.0815. The number of hydrogen-bond donors (Lipinski definition) is 1. The number of rotatable bonds is 6. The fourth-order valence-corrected chi connectivity index (χ4v) is 9.08. The first-order valence-electron chi connectivity index (χ1n) is 13.5. The van der Waals surface area contributed by atoms with E-state index in [-0.39, 0.29) is 17.4 Å². The molecule has 0 saturated heterocycles. The molecular formula is C29H48O2. The van der Waals surface area contributed by atoms with E-state index in [4.69, 9.17) is 0 Å². The molecule has 4 rings (SSSR count). The lowest BCUT2D eigenvalue weighted by Crippen LogP contribution is -2.54. The Morgan fingerprint density at radius 3 is 2.48 bits per heavy atom. The molecule has 0 aromatic carbocycles. The van der Waals surface area contributed by atoms with Crippen LogP contribution in [0.1, 0.15) is 106 Å². The lowest BCUT2D eigenvalue weighted by atomic mass is 9.44. The number of carbonyl (C=O) groups is 1. The van der Waals surface area contributed by atoms with Crippen molar-refractivity contribution >= 4 is 5.78 Å². The maximum absolute atomic E-state index is 12.9. The molecule has 0 radical (unpaired) electrons. The molecule has 0 aromatic heterocycles. The standard InChI is InChI=1S/C29H48O2/c1-18(2)8-7-9-19(3)24-10-11-25-27-23(20(4)30)17-21-16-22(31)12-14-28(21,5)26(27)13-15-29(24,25)6/h17-19,22-27,31H,7-16H2,1-6H3/t19-,22?,23?,24-,25+,26+,27+,28+,29-/m1/s1. The summed E-state index contributed by atoms with van der Waals surface area (Å²) < 4.78 is 0. The van der Waals surface area contributed by atoms with Gasteiger partial charge in [0.2, 0.25) is 0 Å².